The topological polar surface area (TPSA) is 72.3 Å². The fraction of sp³-hybridized carbons (Fsp3) is 0.100. The lowest BCUT2D eigenvalue weighted by molar-refractivity contribution is 0.0699. The number of aromatic nitrogens is 2. The summed E-state index contributed by atoms with van der Waals surface area (Å²) < 4.78 is 9.92. The molecule has 0 amide bonds. The molecule has 5 nitrogen and oxygen atoms in total. The number of benzene rings is 1. The van der Waals surface area contributed by atoms with E-state index < -0.39 is 5.97 Å². The van der Waals surface area contributed by atoms with E-state index in [9.17, 15) is 4.79 Å². The highest BCUT2D eigenvalue weighted by atomic mass is 79.9. The van der Waals surface area contributed by atoms with Gasteiger partial charge in [-0.25, -0.2) is 4.79 Å². The van der Waals surface area contributed by atoms with Crippen LogP contribution in [0.4, 0.5) is 0 Å². The molecule has 17 heavy (non-hydrogen) atoms. The molecule has 7 heteroatoms. The fourth-order valence-electron chi connectivity index (χ4n) is 1.17. The van der Waals surface area contributed by atoms with Crippen LogP contribution >= 0.6 is 27.5 Å². The van der Waals surface area contributed by atoms with Crippen molar-refractivity contribution in [2.75, 3.05) is 0 Å². The number of ether oxygens (including phenoxy) is 1. The van der Waals surface area contributed by atoms with Crippen molar-refractivity contribution in [3.8, 4) is 5.75 Å². The van der Waals surface area contributed by atoms with E-state index in [-0.39, 0.29) is 11.5 Å². The second-order valence-corrected chi connectivity index (χ2v) is 4.77. The predicted molar refractivity (Wildman–Crippen MR) is 65.3 cm³/mol. The summed E-state index contributed by atoms with van der Waals surface area (Å²) in [5.74, 6) is -0.392. The molecule has 0 unspecified atom stereocenters. The molecule has 0 spiro atoms. The summed E-state index contributed by atoms with van der Waals surface area (Å²) >= 11 is 4.16. The molecule has 1 aromatic heterocycles. The molecule has 0 saturated carbocycles. The number of rotatable bonds is 4. The smallest absolute Gasteiger partial charge is 0.349 e. The summed E-state index contributed by atoms with van der Waals surface area (Å²) in [6.07, 6.45) is 0. The van der Waals surface area contributed by atoms with Gasteiger partial charge in [0.05, 0.1) is 0 Å². The Bertz CT molecular complexity index is 544. The lowest BCUT2D eigenvalue weighted by Gasteiger charge is -2.04. The second-order valence-electron chi connectivity index (χ2n) is 3.10. The van der Waals surface area contributed by atoms with E-state index in [4.69, 9.17) is 9.84 Å². The molecular formula is C10H7BrN2O3S. The lowest BCUT2D eigenvalue weighted by Crippen LogP contribution is -2.03. The second kappa shape index (κ2) is 5.24. The van der Waals surface area contributed by atoms with Crippen LogP contribution in [0.25, 0.3) is 0 Å². The summed E-state index contributed by atoms with van der Waals surface area (Å²) in [6.45, 7) is 0.0919. The van der Waals surface area contributed by atoms with Crippen LogP contribution in [0.5, 0.6) is 5.75 Å². The van der Waals surface area contributed by atoms with Crippen molar-refractivity contribution in [3.63, 3.8) is 0 Å². The van der Waals surface area contributed by atoms with Crippen molar-refractivity contribution in [3.05, 3.63) is 39.3 Å². The van der Waals surface area contributed by atoms with Gasteiger partial charge < -0.3 is 9.84 Å². The van der Waals surface area contributed by atoms with Crippen LogP contribution in [0.3, 0.4) is 0 Å². The Morgan fingerprint density at radius 1 is 1.53 bits per heavy atom. The minimum Gasteiger partial charge on any atom is -0.487 e. The first-order valence-corrected chi connectivity index (χ1v) is 6.16. The van der Waals surface area contributed by atoms with Gasteiger partial charge in [-0.05, 0) is 29.7 Å². The summed E-state index contributed by atoms with van der Waals surface area (Å²) in [6, 6.07) is 7.28. The first-order chi connectivity index (χ1) is 8.16. The number of nitrogens with zero attached hydrogens (tertiary/aromatic N) is 2. The minimum atomic E-state index is -1.03. The quantitative estimate of drug-likeness (QED) is 0.939. The average molecular weight is 315 g/mol. The van der Waals surface area contributed by atoms with Gasteiger partial charge in [0.25, 0.3) is 0 Å². The molecule has 2 aromatic rings. The van der Waals surface area contributed by atoms with Crippen LogP contribution in [0.2, 0.25) is 0 Å². The molecule has 1 heterocycles. The van der Waals surface area contributed by atoms with Crippen molar-refractivity contribution >= 4 is 33.4 Å². The third-order valence-corrected chi connectivity index (χ3v) is 3.17. The maximum Gasteiger partial charge on any atom is 0.349 e. The number of carbonyl (C=O) groups is 1. The van der Waals surface area contributed by atoms with Gasteiger partial charge in [0.2, 0.25) is 0 Å². The SMILES string of the molecule is O=C(O)c1snnc1COc1cccc(Br)c1. The monoisotopic (exact) mass is 314 g/mol. The molecule has 0 saturated heterocycles. The third-order valence-electron chi connectivity index (χ3n) is 1.92. The molecule has 0 fully saturated rings. The Labute approximate surface area is 109 Å². The Kier molecular flexibility index (Phi) is 3.70. The zero-order valence-corrected chi connectivity index (χ0v) is 10.9. The van der Waals surface area contributed by atoms with Crippen LogP contribution in [0, 0.1) is 0 Å². The van der Waals surface area contributed by atoms with E-state index in [1.54, 1.807) is 12.1 Å². The molecule has 1 aromatic carbocycles. The number of halogens is 1. The maximum atomic E-state index is 10.8. The van der Waals surface area contributed by atoms with Gasteiger partial charge in [-0.3, -0.25) is 0 Å². The van der Waals surface area contributed by atoms with Gasteiger partial charge in [-0.2, -0.15) is 0 Å². The van der Waals surface area contributed by atoms with Gasteiger partial charge in [0, 0.05) is 4.47 Å². The van der Waals surface area contributed by atoms with Crippen molar-refractivity contribution in [2.24, 2.45) is 0 Å². The van der Waals surface area contributed by atoms with Crippen LogP contribution in [-0.2, 0) is 6.61 Å². The van der Waals surface area contributed by atoms with Crippen molar-refractivity contribution in [1.29, 1.82) is 0 Å². The van der Waals surface area contributed by atoms with E-state index in [0.717, 1.165) is 16.0 Å². The third kappa shape index (κ3) is 3.01. The minimum absolute atomic E-state index is 0.0919. The highest BCUT2D eigenvalue weighted by Gasteiger charge is 2.15. The van der Waals surface area contributed by atoms with Crippen LogP contribution in [-0.4, -0.2) is 20.7 Å². The summed E-state index contributed by atoms with van der Waals surface area (Å²) in [5.41, 5.74) is 0.336. The number of aromatic carboxylic acids is 1. The van der Waals surface area contributed by atoms with E-state index in [1.807, 2.05) is 12.1 Å². The van der Waals surface area contributed by atoms with Crippen LogP contribution < -0.4 is 4.74 Å². The van der Waals surface area contributed by atoms with Crippen LogP contribution in [0.1, 0.15) is 15.4 Å². The van der Waals surface area contributed by atoms with Gasteiger partial charge >= 0.3 is 5.97 Å². The standard InChI is InChI=1S/C10H7BrN2O3S/c11-6-2-1-3-7(4-6)16-5-8-9(10(14)15)17-13-12-8/h1-4H,5H2,(H,14,15). The number of hydrogen-bond acceptors (Lipinski definition) is 5. The van der Waals surface area contributed by atoms with Gasteiger partial charge in [-0.15, -0.1) is 5.10 Å². The van der Waals surface area contributed by atoms with Crippen molar-refractivity contribution < 1.29 is 14.6 Å². The Morgan fingerprint density at radius 2 is 2.35 bits per heavy atom. The van der Waals surface area contributed by atoms with E-state index >= 15 is 0 Å². The molecule has 88 valence electrons. The molecule has 0 aliphatic heterocycles. The van der Waals surface area contributed by atoms with E-state index in [0.29, 0.717) is 11.4 Å². The molecular weight excluding hydrogens is 308 g/mol. The largest absolute Gasteiger partial charge is 0.487 e. The summed E-state index contributed by atoms with van der Waals surface area (Å²) in [4.78, 5) is 10.9. The van der Waals surface area contributed by atoms with E-state index in [2.05, 4.69) is 25.5 Å². The summed E-state index contributed by atoms with van der Waals surface area (Å²) in [5, 5.41) is 12.6. The summed E-state index contributed by atoms with van der Waals surface area (Å²) in [7, 11) is 0. The van der Waals surface area contributed by atoms with E-state index in [1.165, 1.54) is 0 Å². The fourth-order valence-corrected chi connectivity index (χ4v) is 2.06. The molecule has 0 bridgehead atoms. The van der Waals surface area contributed by atoms with Crippen molar-refractivity contribution in [2.45, 2.75) is 6.61 Å². The molecule has 0 atom stereocenters. The first kappa shape index (κ1) is 12.0. The molecule has 0 aliphatic rings. The molecule has 0 aliphatic carbocycles. The van der Waals surface area contributed by atoms with Gasteiger partial charge in [0.1, 0.15) is 18.1 Å². The zero-order valence-electron chi connectivity index (χ0n) is 8.46. The normalized spacial score (nSPS) is 10.2. The highest BCUT2D eigenvalue weighted by molar-refractivity contribution is 9.10. The van der Waals surface area contributed by atoms with Gasteiger partial charge in [-0.1, -0.05) is 26.5 Å². The Hall–Kier alpha value is -1.47. The number of carboxylic acid groups (broad SMARTS) is 1. The Balaban J connectivity index is 2.07. The molecule has 0 radical (unpaired) electrons. The lowest BCUT2D eigenvalue weighted by atomic mass is 10.3. The number of hydrogen-bond donors (Lipinski definition) is 1. The first-order valence-electron chi connectivity index (χ1n) is 4.59. The van der Waals surface area contributed by atoms with Crippen molar-refractivity contribution in [1.82, 2.24) is 9.59 Å². The predicted octanol–water partition coefficient (Wildman–Crippen LogP) is 2.58. The number of carboxylic acids is 1. The average Bonchev–Trinajstić information content (AvgIpc) is 2.74. The van der Waals surface area contributed by atoms with Crippen LogP contribution in [0.15, 0.2) is 28.7 Å². The molecule has 1 N–H and O–H groups in total. The highest BCUT2D eigenvalue weighted by Crippen LogP contribution is 2.19. The molecule has 2 rings (SSSR count). The van der Waals surface area contributed by atoms with Gasteiger partial charge in [0.15, 0.2) is 4.88 Å². The zero-order chi connectivity index (χ0) is 12.3. The maximum absolute atomic E-state index is 10.8. The Morgan fingerprint density at radius 3 is 3.06 bits per heavy atom.